The third-order valence-electron chi connectivity index (χ3n) is 3.40. The lowest BCUT2D eigenvalue weighted by Crippen LogP contribution is -2.30. The molecule has 0 atom stereocenters. The molecule has 0 aliphatic rings. The topological polar surface area (TPSA) is 61.6 Å². The predicted molar refractivity (Wildman–Crippen MR) is 89.8 cm³/mol. The van der Waals surface area contributed by atoms with Crippen molar-refractivity contribution in [3.8, 4) is 6.07 Å². The monoisotopic (exact) mass is 307 g/mol. The molecule has 108 valence electrons. The Morgan fingerprint density at radius 3 is 3.00 bits per heavy atom. The molecule has 22 heavy (non-hydrogen) atoms. The molecule has 2 aromatic heterocycles. The van der Waals surface area contributed by atoms with E-state index in [-0.39, 0.29) is 5.56 Å². The van der Waals surface area contributed by atoms with Crippen molar-refractivity contribution in [3.63, 3.8) is 0 Å². The van der Waals surface area contributed by atoms with Gasteiger partial charge in [0.25, 0.3) is 5.56 Å². The summed E-state index contributed by atoms with van der Waals surface area (Å²) in [7, 11) is 0. The van der Waals surface area contributed by atoms with Crippen LogP contribution in [0.5, 0.6) is 0 Å². The highest BCUT2D eigenvalue weighted by Gasteiger charge is 2.02. The number of rotatable bonds is 2. The molecule has 1 N–H and O–H groups in total. The lowest BCUT2D eigenvalue weighted by molar-refractivity contribution is 0.723. The summed E-state index contributed by atoms with van der Waals surface area (Å²) in [6, 6.07) is 9.94. The Morgan fingerprint density at radius 2 is 2.23 bits per heavy atom. The van der Waals surface area contributed by atoms with Crippen molar-refractivity contribution in [3.05, 3.63) is 55.6 Å². The van der Waals surface area contributed by atoms with Crippen LogP contribution in [0.15, 0.2) is 35.3 Å². The van der Waals surface area contributed by atoms with Gasteiger partial charge in [-0.25, -0.2) is 0 Å². The molecular weight excluding hydrogens is 294 g/mol. The molecule has 2 heterocycles. The van der Waals surface area contributed by atoms with E-state index in [0.717, 1.165) is 16.5 Å². The molecule has 0 aliphatic carbocycles. The average molecular weight is 307 g/mol. The maximum atomic E-state index is 12.3. The largest absolute Gasteiger partial charge is 0.361 e. The van der Waals surface area contributed by atoms with Crippen molar-refractivity contribution in [1.29, 1.82) is 5.26 Å². The summed E-state index contributed by atoms with van der Waals surface area (Å²) in [4.78, 5) is 15.5. The number of para-hydroxylation sites is 1. The van der Waals surface area contributed by atoms with Crippen molar-refractivity contribution in [1.82, 2.24) is 9.55 Å². The lowest BCUT2D eigenvalue weighted by atomic mass is 10.2. The quantitative estimate of drug-likeness (QED) is 0.785. The molecule has 3 rings (SSSR count). The van der Waals surface area contributed by atoms with Gasteiger partial charge in [-0.3, -0.25) is 9.36 Å². The van der Waals surface area contributed by atoms with Crippen molar-refractivity contribution in [2.45, 2.75) is 13.5 Å². The molecule has 1 aromatic carbocycles. The predicted octanol–water partition coefficient (Wildman–Crippen LogP) is 1.81. The van der Waals surface area contributed by atoms with Crippen LogP contribution in [0.4, 0.5) is 0 Å². The molecule has 0 unspecified atom stereocenters. The summed E-state index contributed by atoms with van der Waals surface area (Å²) < 4.78 is 2.75. The van der Waals surface area contributed by atoms with E-state index < -0.39 is 0 Å². The molecule has 0 spiro atoms. The number of nitriles is 1. The molecule has 4 nitrogen and oxygen atoms in total. The SMILES string of the molecule is CCn1c(=O)c(=C=Cc2c[nH]c3ccccc23)s/c1=C/C#N. The number of nitrogens with one attached hydrogen (secondary N) is 1. The van der Waals surface area contributed by atoms with Crippen molar-refractivity contribution < 1.29 is 0 Å². The van der Waals surface area contributed by atoms with E-state index in [1.165, 1.54) is 17.4 Å². The Kier molecular flexibility index (Phi) is 3.80. The molecule has 0 amide bonds. The summed E-state index contributed by atoms with van der Waals surface area (Å²) in [5, 5.41) is 9.88. The smallest absolute Gasteiger partial charge is 0.276 e. The van der Waals surface area contributed by atoms with E-state index in [2.05, 4.69) is 10.7 Å². The lowest BCUT2D eigenvalue weighted by Gasteiger charge is -1.91. The minimum Gasteiger partial charge on any atom is -0.361 e. The van der Waals surface area contributed by atoms with Crippen LogP contribution in [-0.4, -0.2) is 9.55 Å². The molecule has 0 fully saturated rings. The van der Waals surface area contributed by atoms with Crippen LogP contribution in [0.25, 0.3) is 28.8 Å². The van der Waals surface area contributed by atoms with Crippen LogP contribution in [0.1, 0.15) is 12.5 Å². The van der Waals surface area contributed by atoms with E-state index in [1.807, 2.05) is 49.5 Å². The van der Waals surface area contributed by atoms with E-state index >= 15 is 0 Å². The van der Waals surface area contributed by atoms with Gasteiger partial charge in [-0.1, -0.05) is 23.9 Å². The van der Waals surface area contributed by atoms with Crippen LogP contribution in [0, 0.1) is 11.3 Å². The molecule has 3 aromatic rings. The summed E-state index contributed by atoms with van der Waals surface area (Å²) in [6.45, 7) is 2.42. The van der Waals surface area contributed by atoms with Crippen LogP contribution in [0.3, 0.4) is 0 Å². The van der Waals surface area contributed by atoms with Crippen LogP contribution < -0.4 is 14.8 Å². The standard InChI is InChI=1S/C17H13N3OS/c1-2-20-16(9-10-18)22-15(17(20)21)8-7-12-11-19-14-6-4-3-5-13(12)14/h3-7,9,11,19H,2H2,1H3/b16-9+. The first-order valence-corrected chi connectivity index (χ1v) is 7.68. The van der Waals surface area contributed by atoms with Gasteiger partial charge < -0.3 is 4.98 Å². The molecule has 0 radical (unpaired) electrons. The van der Waals surface area contributed by atoms with Gasteiger partial charge in [0.05, 0.1) is 12.1 Å². The number of aromatic nitrogens is 2. The highest BCUT2D eigenvalue weighted by molar-refractivity contribution is 7.07. The Hall–Kier alpha value is -2.80. The zero-order valence-corrected chi connectivity index (χ0v) is 12.8. The minimum absolute atomic E-state index is 0.106. The fourth-order valence-corrected chi connectivity index (χ4v) is 3.29. The van der Waals surface area contributed by atoms with Gasteiger partial charge in [0.15, 0.2) is 0 Å². The van der Waals surface area contributed by atoms with Crippen LogP contribution in [-0.2, 0) is 6.54 Å². The summed E-state index contributed by atoms with van der Waals surface area (Å²) in [5.74, 6) is 0. The number of hydrogen-bond acceptors (Lipinski definition) is 3. The first-order chi connectivity index (χ1) is 10.7. The maximum absolute atomic E-state index is 12.3. The summed E-state index contributed by atoms with van der Waals surface area (Å²) in [6.07, 6.45) is 5.10. The number of hydrogen-bond donors (Lipinski definition) is 1. The number of benzene rings is 1. The van der Waals surface area contributed by atoms with Gasteiger partial charge in [0, 0.05) is 29.2 Å². The second-order valence-corrected chi connectivity index (χ2v) is 5.70. The number of H-pyrrole nitrogens is 1. The van der Waals surface area contributed by atoms with Gasteiger partial charge in [0.2, 0.25) is 0 Å². The van der Waals surface area contributed by atoms with Crippen molar-refractivity contribution in [2.24, 2.45) is 0 Å². The number of nitrogens with zero attached hydrogens (tertiary/aromatic N) is 2. The molecule has 0 saturated carbocycles. The normalized spacial score (nSPS) is 11.4. The van der Waals surface area contributed by atoms with Gasteiger partial charge in [0.1, 0.15) is 9.20 Å². The average Bonchev–Trinajstić information content (AvgIpc) is 3.07. The Morgan fingerprint density at radius 1 is 1.41 bits per heavy atom. The molecule has 0 saturated heterocycles. The first-order valence-electron chi connectivity index (χ1n) is 6.87. The molecule has 5 heteroatoms. The summed E-state index contributed by atoms with van der Waals surface area (Å²) >= 11 is 1.28. The highest BCUT2D eigenvalue weighted by atomic mass is 32.1. The summed E-state index contributed by atoms with van der Waals surface area (Å²) in [5.41, 5.74) is 5.00. The fraction of sp³-hybridized carbons (Fsp3) is 0.118. The molecule has 0 bridgehead atoms. The molecular formula is C17H13N3OS. The van der Waals surface area contributed by atoms with Gasteiger partial charge in [-0.15, -0.1) is 11.3 Å². The zero-order valence-electron chi connectivity index (χ0n) is 12.0. The maximum Gasteiger partial charge on any atom is 0.276 e. The Balaban J connectivity index is 2.23. The number of thiazole rings is 1. The van der Waals surface area contributed by atoms with Crippen LogP contribution >= 0.6 is 11.3 Å². The van der Waals surface area contributed by atoms with Crippen molar-refractivity contribution in [2.75, 3.05) is 0 Å². The van der Waals surface area contributed by atoms with E-state index in [1.54, 1.807) is 4.57 Å². The minimum atomic E-state index is -0.106. The second kappa shape index (κ2) is 5.90. The fourth-order valence-electron chi connectivity index (χ4n) is 2.34. The van der Waals surface area contributed by atoms with E-state index in [4.69, 9.17) is 5.26 Å². The van der Waals surface area contributed by atoms with Gasteiger partial charge in [-0.2, -0.15) is 5.26 Å². The Labute approximate surface area is 130 Å². The third kappa shape index (κ3) is 2.42. The number of aromatic amines is 1. The number of fused-ring (bicyclic) bond motifs is 1. The van der Waals surface area contributed by atoms with E-state index in [9.17, 15) is 4.79 Å². The first kappa shape index (κ1) is 14.2. The zero-order chi connectivity index (χ0) is 15.5. The van der Waals surface area contributed by atoms with Crippen LogP contribution in [0.2, 0.25) is 0 Å². The second-order valence-electron chi connectivity index (χ2n) is 4.67. The third-order valence-corrected chi connectivity index (χ3v) is 4.44. The van der Waals surface area contributed by atoms with E-state index in [0.29, 0.717) is 15.7 Å². The Bertz CT molecular complexity index is 1090. The van der Waals surface area contributed by atoms with Gasteiger partial charge >= 0.3 is 0 Å². The highest BCUT2D eigenvalue weighted by Crippen LogP contribution is 2.18. The van der Waals surface area contributed by atoms with Crippen molar-refractivity contribution >= 4 is 40.1 Å². The molecule has 0 aliphatic heterocycles. The van der Waals surface area contributed by atoms with Gasteiger partial charge in [-0.05, 0) is 19.1 Å².